The zero-order valence-corrected chi connectivity index (χ0v) is 17.7. The Morgan fingerprint density at radius 2 is 2.00 bits per heavy atom. The lowest BCUT2D eigenvalue weighted by Gasteiger charge is -2.37. The van der Waals surface area contributed by atoms with Crippen molar-refractivity contribution in [1.29, 1.82) is 0 Å². The Balaban J connectivity index is 1.91. The van der Waals surface area contributed by atoms with Crippen LogP contribution in [0.2, 0.25) is 0 Å². The monoisotopic (exact) mass is 396 g/mol. The van der Waals surface area contributed by atoms with Crippen molar-refractivity contribution in [3.8, 4) is 0 Å². The number of thioether (sulfide) groups is 1. The van der Waals surface area contributed by atoms with E-state index in [2.05, 4.69) is 34.4 Å². The fourth-order valence-electron chi connectivity index (χ4n) is 3.35. The lowest BCUT2D eigenvalue weighted by Crippen LogP contribution is -2.52. The molecule has 1 aromatic rings. The van der Waals surface area contributed by atoms with Crippen LogP contribution in [0.5, 0.6) is 0 Å². The largest absolute Gasteiger partial charge is 0.379 e. The molecule has 2 N–H and O–H groups in total. The first kappa shape index (κ1) is 22.0. The van der Waals surface area contributed by atoms with Crippen LogP contribution in [0.3, 0.4) is 0 Å². The van der Waals surface area contributed by atoms with Gasteiger partial charge < -0.3 is 15.4 Å². The molecule has 1 unspecified atom stereocenters. The van der Waals surface area contributed by atoms with Gasteiger partial charge in [0.15, 0.2) is 5.96 Å². The first-order chi connectivity index (χ1) is 13.0. The number of hydrogen-bond donors (Lipinski definition) is 2. The van der Waals surface area contributed by atoms with Crippen LogP contribution in [0.1, 0.15) is 25.0 Å². The van der Waals surface area contributed by atoms with Gasteiger partial charge in [0.1, 0.15) is 5.82 Å². The minimum Gasteiger partial charge on any atom is -0.379 e. The number of aliphatic imine (C=N–C) groups is 1. The SMILES string of the molecule is CN=C(NCc1ccc(F)cc1CSC)NCC(C(C)C)N1CCOCC1. The molecule has 1 atom stereocenters. The van der Waals surface area contributed by atoms with Crippen LogP contribution in [0.15, 0.2) is 23.2 Å². The first-order valence-corrected chi connectivity index (χ1v) is 11.0. The molecule has 1 fully saturated rings. The highest BCUT2D eigenvalue weighted by molar-refractivity contribution is 7.97. The molecule has 0 radical (unpaired) electrons. The van der Waals surface area contributed by atoms with Crippen LogP contribution in [0.25, 0.3) is 0 Å². The van der Waals surface area contributed by atoms with E-state index in [0.717, 1.165) is 55.7 Å². The third-order valence-electron chi connectivity index (χ3n) is 4.90. The van der Waals surface area contributed by atoms with Crippen LogP contribution in [0, 0.1) is 11.7 Å². The number of nitrogens with one attached hydrogen (secondary N) is 2. The predicted octanol–water partition coefficient (Wildman–Crippen LogP) is 2.71. The topological polar surface area (TPSA) is 48.9 Å². The van der Waals surface area contributed by atoms with Gasteiger partial charge in [-0.15, -0.1) is 0 Å². The lowest BCUT2D eigenvalue weighted by atomic mass is 10.0. The van der Waals surface area contributed by atoms with Gasteiger partial charge in [0, 0.05) is 45.0 Å². The summed E-state index contributed by atoms with van der Waals surface area (Å²) >= 11 is 1.69. The molecule has 1 aromatic carbocycles. The Bertz CT molecular complexity index is 606. The Labute approximate surface area is 167 Å². The van der Waals surface area contributed by atoms with Crippen molar-refractivity contribution in [2.75, 3.05) is 46.2 Å². The van der Waals surface area contributed by atoms with E-state index in [1.807, 2.05) is 12.3 Å². The van der Waals surface area contributed by atoms with E-state index < -0.39 is 0 Å². The average molecular weight is 397 g/mol. The van der Waals surface area contributed by atoms with Gasteiger partial charge in [-0.1, -0.05) is 19.9 Å². The van der Waals surface area contributed by atoms with Gasteiger partial charge in [-0.3, -0.25) is 9.89 Å². The molecule has 2 rings (SSSR count). The van der Waals surface area contributed by atoms with Gasteiger partial charge in [-0.2, -0.15) is 11.8 Å². The number of halogens is 1. The van der Waals surface area contributed by atoms with Crippen LogP contribution in [0.4, 0.5) is 4.39 Å². The molecule has 1 heterocycles. The quantitative estimate of drug-likeness (QED) is 0.523. The number of benzene rings is 1. The summed E-state index contributed by atoms with van der Waals surface area (Å²) in [6, 6.07) is 5.43. The fraction of sp³-hybridized carbons (Fsp3) is 0.650. The molecule has 5 nitrogen and oxygen atoms in total. The molecule has 0 bridgehead atoms. The highest BCUT2D eigenvalue weighted by Gasteiger charge is 2.23. The fourth-order valence-corrected chi connectivity index (χ4v) is 3.93. The maximum Gasteiger partial charge on any atom is 0.191 e. The number of hydrogen-bond acceptors (Lipinski definition) is 4. The highest BCUT2D eigenvalue weighted by atomic mass is 32.2. The third kappa shape index (κ3) is 6.97. The number of guanidine groups is 1. The highest BCUT2D eigenvalue weighted by Crippen LogP contribution is 2.17. The standard InChI is InChI=1S/C20H33FN4OS/c1-15(2)19(25-7-9-26-10-8-25)13-24-20(22-3)23-12-16-5-6-18(21)11-17(16)14-27-4/h5-6,11,15,19H,7-10,12-14H2,1-4H3,(H2,22,23,24). The summed E-state index contributed by atoms with van der Waals surface area (Å²) in [5.74, 6) is 1.93. The second kappa shape index (κ2) is 11.5. The van der Waals surface area contributed by atoms with E-state index in [0.29, 0.717) is 18.5 Å². The van der Waals surface area contributed by atoms with Crippen molar-refractivity contribution < 1.29 is 9.13 Å². The Morgan fingerprint density at radius 1 is 1.26 bits per heavy atom. The van der Waals surface area contributed by atoms with Gasteiger partial charge in [-0.05, 0) is 35.4 Å². The normalized spacial score (nSPS) is 17.2. The molecule has 152 valence electrons. The number of rotatable bonds is 8. The van der Waals surface area contributed by atoms with E-state index >= 15 is 0 Å². The summed E-state index contributed by atoms with van der Waals surface area (Å²) in [6.07, 6.45) is 2.03. The van der Waals surface area contributed by atoms with E-state index in [1.165, 1.54) is 6.07 Å². The average Bonchev–Trinajstić information content (AvgIpc) is 2.66. The van der Waals surface area contributed by atoms with Crippen LogP contribution >= 0.6 is 11.8 Å². The molecule has 0 aliphatic carbocycles. The van der Waals surface area contributed by atoms with Gasteiger partial charge in [0.25, 0.3) is 0 Å². The maximum atomic E-state index is 13.5. The summed E-state index contributed by atoms with van der Waals surface area (Å²) in [6.45, 7) is 9.53. The smallest absolute Gasteiger partial charge is 0.191 e. The minimum absolute atomic E-state index is 0.185. The van der Waals surface area contributed by atoms with Gasteiger partial charge >= 0.3 is 0 Å². The zero-order chi connectivity index (χ0) is 19.6. The van der Waals surface area contributed by atoms with Gasteiger partial charge in [0.2, 0.25) is 0 Å². The molecule has 1 aliphatic heterocycles. The zero-order valence-electron chi connectivity index (χ0n) is 16.9. The van der Waals surface area contributed by atoms with Crippen molar-refractivity contribution in [3.05, 3.63) is 35.1 Å². The number of nitrogens with zero attached hydrogens (tertiary/aromatic N) is 2. The Hall–Kier alpha value is -1.31. The number of morpholine rings is 1. The van der Waals surface area contributed by atoms with Crippen LogP contribution < -0.4 is 10.6 Å². The molecule has 0 spiro atoms. The Morgan fingerprint density at radius 3 is 2.63 bits per heavy atom. The van der Waals surface area contributed by atoms with Crippen molar-refractivity contribution in [3.63, 3.8) is 0 Å². The van der Waals surface area contributed by atoms with Gasteiger partial charge in [-0.25, -0.2) is 4.39 Å². The molecular weight excluding hydrogens is 363 g/mol. The molecule has 0 amide bonds. The van der Waals surface area contributed by atoms with Crippen molar-refractivity contribution in [2.45, 2.75) is 32.2 Å². The number of ether oxygens (including phenoxy) is 1. The summed E-state index contributed by atoms with van der Waals surface area (Å²) < 4.78 is 19.0. The molecule has 7 heteroatoms. The summed E-state index contributed by atoms with van der Waals surface area (Å²) in [4.78, 5) is 6.84. The third-order valence-corrected chi connectivity index (χ3v) is 5.50. The van der Waals surface area contributed by atoms with E-state index in [1.54, 1.807) is 24.9 Å². The predicted molar refractivity (Wildman–Crippen MR) is 113 cm³/mol. The molecule has 1 aliphatic rings. The Kier molecular flexibility index (Phi) is 9.38. The van der Waals surface area contributed by atoms with Crippen LogP contribution in [-0.4, -0.2) is 63.1 Å². The molecule has 0 saturated carbocycles. The van der Waals surface area contributed by atoms with Crippen molar-refractivity contribution >= 4 is 17.7 Å². The van der Waals surface area contributed by atoms with Crippen molar-refractivity contribution in [1.82, 2.24) is 15.5 Å². The second-order valence-electron chi connectivity index (χ2n) is 7.11. The maximum absolute atomic E-state index is 13.5. The van der Waals surface area contributed by atoms with E-state index in [4.69, 9.17) is 4.74 Å². The lowest BCUT2D eigenvalue weighted by molar-refractivity contribution is 0.00752. The van der Waals surface area contributed by atoms with Gasteiger partial charge in [0.05, 0.1) is 13.2 Å². The van der Waals surface area contributed by atoms with Crippen molar-refractivity contribution in [2.24, 2.45) is 10.9 Å². The van der Waals surface area contributed by atoms with E-state index in [-0.39, 0.29) is 5.82 Å². The summed E-state index contributed by atoms with van der Waals surface area (Å²) in [7, 11) is 1.78. The second-order valence-corrected chi connectivity index (χ2v) is 7.98. The molecule has 27 heavy (non-hydrogen) atoms. The molecule has 1 saturated heterocycles. The van der Waals surface area contributed by atoms with E-state index in [9.17, 15) is 4.39 Å². The minimum atomic E-state index is -0.185. The molecular formula is C20H33FN4OS. The summed E-state index contributed by atoms with van der Waals surface area (Å²) in [5.41, 5.74) is 2.13. The summed E-state index contributed by atoms with van der Waals surface area (Å²) in [5, 5.41) is 6.82. The first-order valence-electron chi connectivity index (χ1n) is 9.57. The van der Waals surface area contributed by atoms with Crippen LogP contribution in [-0.2, 0) is 17.0 Å². The molecule has 0 aromatic heterocycles.